The van der Waals surface area contributed by atoms with Crippen LogP contribution in [0.2, 0.25) is 0 Å². The van der Waals surface area contributed by atoms with Crippen LogP contribution in [0.5, 0.6) is 0 Å². The van der Waals surface area contributed by atoms with Gasteiger partial charge in [-0.15, -0.1) is 0 Å². The van der Waals surface area contributed by atoms with Gasteiger partial charge in [-0.3, -0.25) is 13.9 Å². The van der Waals surface area contributed by atoms with Crippen LogP contribution in [0.3, 0.4) is 0 Å². The number of rotatable bonds is 5. The number of anilines is 1. The Morgan fingerprint density at radius 1 is 1.06 bits per heavy atom. The minimum absolute atomic E-state index is 0.0927. The summed E-state index contributed by atoms with van der Waals surface area (Å²) >= 11 is 0. The van der Waals surface area contributed by atoms with Crippen molar-refractivity contribution in [3.63, 3.8) is 0 Å². The highest BCUT2D eigenvalue weighted by Crippen LogP contribution is 2.24. The molecule has 0 spiro atoms. The molecule has 0 aliphatic carbocycles. The summed E-state index contributed by atoms with van der Waals surface area (Å²) in [6.45, 7) is 6.20. The van der Waals surface area contributed by atoms with E-state index in [0.29, 0.717) is 30.1 Å². The number of piperidine rings is 1. The molecule has 1 unspecified atom stereocenters. The molecule has 1 aliphatic heterocycles. The predicted octanol–water partition coefficient (Wildman–Crippen LogP) is 2.02. The third kappa shape index (κ3) is 4.36. The minimum Gasteiger partial charge on any atom is -0.341 e. The lowest BCUT2D eigenvalue weighted by molar-refractivity contribution is 0.495. The molecule has 4 aromatic rings. The highest BCUT2D eigenvalue weighted by molar-refractivity contribution is 5.74. The van der Waals surface area contributed by atoms with E-state index in [4.69, 9.17) is 10.7 Å². The summed E-state index contributed by atoms with van der Waals surface area (Å²) in [6.07, 6.45) is 3.53. The summed E-state index contributed by atoms with van der Waals surface area (Å²) in [7, 11) is 0. The lowest BCUT2D eigenvalue weighted by Gasteiger charge is -2.31. The molecule has 2 N–H and O–H groups in total. The van der Waals surface area contributed by atoms with Crippen LogP contribution in [0.4, 0.5) is 5.95 Å². The molecular formula is C24H28N8O. The Balaban J connectivity index is 1.62. The Labute approximate surface area is 191 Å². The van der Waals surface area contributed by atoms with Crippen LogP contribution < -0.4 is 16.2 Å². The predicted molar refractivity (Wildman–Crippen MR) is 127 cm³/mol. The Bertz CT molecular complexity index is 1320. The van der Waals surface area contributed by atoms with Gasteiger partial charge in [-0.25, -0.2) is 15.0 Å². The van der Waals surface area contributed by atoms with Crippen LogP contribution in [0, 0.1) is 13.8 Å². The SMILES string of the molecule is Cc1cc(C)nc(Cn2cnc3nc(N4CCCC(N)C4)n(Cc4ccccc4)c3c2=O)n1. The summed E-state index contributed by atoms with van der Waals surface area (Å²) < 4.78 is 3.54. The van der Waals surface area contributed by atoms with Crippen molar-refractivity contribution in [2.75, 3.05) is 18.0 Å². The fourth-order valence-electron chi connectivity index (χ4n) is 4.53. The van der Waals surface area contributed by atoms with Crippen molar-refractivity contribution < 1.29 is 0 Å². The zero-order valence-corrected chi connectivity index (χ0v) is 19.0. The minimum atomic E-state index is -0.154. The van der Waals surface area contributed by atoms with Gasteiger partial charge in [0.25, 0.3) is 5.56 Å². The van der Waals surface area contributed by atoms with Crippen LogP contribution in [0.1, 0.15) is 35.6 Å². The van der Waals surface area contributed by atoms with Gasteiger partial charge in [-0.2, -0.15) is 4.98 Å². The van der Waals surface area contributed by atoms with Crippen LogP contribution >= 0.6 is 0 Å². The van der Waals surface area contributed by atoms with Crippen LogP contribution in [0.25, 0.3) is 11.2 Å². The van der Waals surface area contributed by atoms with Gasteiger partial charge >= 0.3 is 0 Å². The zero-order chi connectivity index (χ0) is 22.9. The molecule has 0 saturated carbocycles. The van der Waals surface area contributed by atoms with Crippen molar-refractivity contribution in [2.24, 2.45) is 5.73 Å². The molecular weight excluding hydrogens is 416 g/mol. The number of nitrogens with zero attached hydrogens (tertiary/aromatic N) is 7. The molecule has 9 heteroatoms. The molecule has 9 nitrogen and oxygen atoms in total. The van der Waals surface area contributed by atoms with Gasteiger partial charge in [-0.05, 0) is 38.3 Å². The molecule has 33 heavy (non-hydrogen) atoms. The van der Waals surface area contributed by atoms with Crippen molar-refractivity contribution in [2.45, 2.75) is 45.8 Å². The number of aromatic nitrogens is 6. The number of benzene rings is 1. The fourth-order valence-corrected chi connectivity index (χ4v) is 4.53. The Kier molecular flexibility index (Phi) is 5.63. The maximum Gasteiger partial charge on any atom is 0.280 e. The molecule has 0 bridgehead atoms. The summed E-state index contributed by atoms with van der Waals surface area (Å²) in [4.78, 5) is 34.1. The van der Waals surface area contributed by atoms with E-state index in [-0.39, 0.29) is 18.1 Å². The molecule has 5 rings (SSSR count). The number of imidazole rings is 1. The second-order valence-electron chi connectivity index (χ2n) is 8.75. The first-order chi connectivity index (χ1) is 16.0. The van der Waals surface area contributed by atoms with Crippen LogP contribution in [-0.2, 0) is 13.1 Å². The van der Waals surface area contributed by atoms with E-state index in [9.17, 15) is 4.79 Å². The second-order valence-corrected chi connectivity index (χ2v) is 8.75. The highest BCUT2D eigenvalue weighted by atomic mass is 16.1. The monoisotopic (exact) mass is 444 g/mol. The smallest absolute Gasteiger partial charge is 0.280 e. The molecule has 0 radical (unpaired) electrons. The first-order valence-corrected chi connectivity index (χ1v) is 11.3. The third-order valence-electron chi connectivity index (χ3n) is 5.98. The van der Waals surface area contributed by atoms with E-state index >= 15 is 0 Å². The normalized spacial score (nSPS) is 16.5. The van der Waals surface area contributed by atoms with E-state index in [0.717, 1.165) is 42.3 Å². The van der Waals surface area contributed by atoms with Crippen molar-refractivity contribution in [3.05, 3.63) is 75.9 Å². The summed E-state index contributed by atoms with van der Waals surface area (Å²) in [5.41, 5.74) is 9.86. The third-order valence-corrected chi connectivity index (χ3v) is 5.98. The van der Waals surface area contributed by atoms with Crippen molar-refractivity contribution in [1.29, 1.82) is 0 Å². The summed E-state index contributed by atoms with van der Waals surface area (Å²) in [5, 5.41) is 0. The quantitative estimate of drug-likeness (QED) is 0.502. The largest absolute Gasteiger partial charge is 0.341 e. The van der Waals surface area contributed by atoms with Gasteiger partial charge < -0.3 is 10.6 Å². The summed E-state index contributed by atoms with van der Waals surface area (Å²) in [5.74, 6) is 1.33. The van der Waals surface area contributed by atoms with E-state index in [2.05, 4.69) is 32.0 Å². The molecule has 3 aromatic heterocycles. The van der Waals surface area contributed by atoms with Gasteiger partial charge in [0.1, 0.15) is 12.2 Å². The second kappa shape index (κ2) is 8.74. The van der Waals surface area contributed by atoms with Crippen molar-refractivity contribution in [3.8, 4) is 0 Å². The lowest BCUT2D eigenvalue weighted by Crippen LogP contribution is -2.44. The number of hydrogen-bond donors (Lipinski definition) is 1. The Morgan fingerprint density at radius 2 is 1.82 bits per heavy atom. The molecule has 1 aliphatic rings. The van der Waals surface area contributed by atoms with E-state index in [1.54, 1.807) is 4.57 Å². The van der Waals surface area contributed by atoms with E-state index < -0.39 is 0 Å². The highest BCUT2D eigenvalue weighted by Gasteiger charge is 2.25. The topological polar surface area (TPSA) is 108 Å². The zero-order valence-electron chi connectivity index (χ0n) is 19.0. The average Bonchev–Trinajstić information content (AvgIpc) is 3.15. The van der Waals surface area contributed by atoms with Gasteiger partial charge in [0, 0.05) is 30.5 Å². The molecule has 1 saturated heterocycles. The Hall–Kier alpha value is -3.59. The molecule has 1 atom stereocenters. The first-order valence-electron chi connectivity index (χ1n) is 11.3. The number of fused-ring (bicyclic) bond motifs is 1. The first kappa shape index (κ1) is 21.3. The van der Waals surface area contributed by atoms with Gasteiger partial charge in [0.05, 0.1) is 13.1 Å². The van der Waals surface area contributed by atoms with Gasteiger partial charge in [0.2, 0.25) is 5.95 Å². The maximum atomic E-state index is 13.6. The molecule has 0 amide bonds. The van der Waals surface area contributed by atoms with Gasteiger partial charge in [-0.1, -0.05) is 30.3 Å². The number of hydrogen-bond acceptors (Lipinski definition) is 7. The van der Waals surface area contributed by atoms with E-state index in [1.165, 1.54) is 6.33 Å². The molecule has 170 valence electrons. The van der Waals surface area contributed by atoms with Gasteiger partial charge in [0.15, 0.2) is 11.2 Å². The average molecular weight is 445 g/mol. The van der Waals surface area contributed by atoms with E-state index in [1.807, 2.05) is 42.7 Å². The van der Waals surface area contributed by atoms with Crippen LogP contribution in [0.15, 0.2) is 47.5 Å². The molecule has 1 fully saturated rings. The maximum absolute atomic E-state index is 13.6. The van der Waals surface area contributed by atoms with Crippen molar-refractivity contribution >= 4 is 17.1 Å². The molecule has 1 aromatic carbocycles. The lowest BCUT2D eigenvalue weighted by atomic mass is 10.1. The number of nitrogens with two attached hydrogens (primary N) is 1. The summed E-state index contributed by atoms with van der Waals surface area (Å²) in [6, 6.07) is 12.1. The number of aryl methyl sites for hydroxylation is 2. The van der Waals surface area contributed by atoms with Crippen molar-refractivity contribution in [1.82, 2.24) is 29.1 Å². The van der Waals surface area contributed by atoms with Crippen LogP contribution in [-0.4, -0.2) is 48.2 Å². The molecule has 4 heterocycles. The Morgan fingerprint density at radius 3 is 2.55 bits per heavy atom. The fraction of sp³-hybridized carbons (Fsp3) is 0.375. The standard InChI is InChI=1S/C24H28N8O/c1-16-11-17(2)28-20(27-16)14-31-15-26-22-21(23(31)33)32(12-18-7-4-3-5-8-18)24(29-22)30-10-6-9-19(25)13-30/h3-5,7-8,11,15,19H,6,9-10,12-14,25H2,1-2H3.